The molecule has 0 spiro atoms. The summed E-state index contributed by atoms with van der Waals surface area (Å²) in [6.07, 6.45) is 0.761. The van der Waals surface area contributed by atoms with E-state index in [9.17, 15) is 4.79 Å². The monoisotopic (exact) mass is 161 g/mol. The predicted octanol–water partition coefficient (Wildman–Crippen LogP) is -0.00780. The zero-order valence-corrected chi connectivity index (χ0v) is 6.69. The lowest BCUT2D eigenvalue weighted by Gasteiger charge is -2.03. The summed E-state index contributed by atoms with van der Waals surface area (Å²) in [5.41, 5.74) is 5.59. The van der Waals surface area contributed by atoms with Crippen LogP contribution in [0.5, 0.6) is 0 Å². The maximum atomic E-state index is 10.9. The molecule has 1 aliphatic rings. The Kier molecular flexibility index (Phi) is 2.56. The molecule has 0 bridgehead atoms. The first-order valence-corrected chi connectivity index (χ1v) is 4.24. The number of carbonyl (C=O) groups is 1. The minimum atomic E-state index is -0.141. The van der Waals surface area contributed by atoms with Gasteiger partial charge >= 0.3 is 5.97 Å². The van der Waals surface area contributed by atoms with E-state index < -0.39 is 0 Å². The first-order chi connectivity index (χ1) is 4.74. The summed E-state index contributed by atoms with van der Waals surface area (Å²) >= 11 is 1.58. The van der Waals surface area contributed by atoms with Crippen LogP contribution < -0.4 is 5.73 Å². The van der Waals surface area contributed by atoms with E-state index in [1.54, 1.807) is 11.8 Å². The Morgan fingerprint density at radius 2 is 2.50 bits per heavy atom. The number of esters is 1. The number of methoxy groups -OCH3 is 1. The van der Waals surface area contributed by atoms with Crippen molar-refractivity contribution in [2.75, 3.05) is 12.9 Å². The van der Waals surface area contributed by atoms with Gasteiger partial charge in [-0.05, 0) is 6.42 Å². The highest BCUT2D eigenvalue weighted by molar-refractivity contribution is 8.00. The van der Waals surface area contributed by atoms with Crippen LogP contribution in [0.4, 0.5) is 0 Å². The highest BCUT2D eigenvalue weighted by Crippen LogP contribution is 2.26. The molecule has 1 heterocycles. The molecule has 0 aromatic rings. The van der Waals surface area contributed by atoms with E-state index in [2.05, 4.69) is 4.74 Å². The summed E-state index contributed by atoms with van der Waals surface area (Å²) in [5, 5.41) is -0.0139. The van der Waals surface area contributed by atoms with Gasteiger partial charge in [0.05, 0.1) is 7.11 Å². The van der Waals surface area contributed by atoms with Gasteiger partial charge < -0.3 is 10.5 Å². The van der Waals surface area contributed by atoms with Gasteiger partial charge in [-0.25, -0.2) is 0 Å². The molecule has 1 saturated heterocycles. The Balaban J connectivity index is 2.37. The van der Waals surface area contributed by atoms with Crippen LogP contribution in [-0.2, 0) is 9.53 Å². The average Bonchev–Trinajstić information content (AvgIpc) is 2.34. The zero-order valence-electron chi connectivity index (χ0n) is 5.87. The van der Waals surface area contributed by atoms with Crippen molar-refractivity contribution in [1.29, 1.82) is 0 Å². The fourth-order valence-electron chi connectivity index (χ4n) is 0.947. The molecule has 0 saturated carbocycles. The topological polar surface area (TPSA) is 52.3 Å². The van der Waals surface area contributed by atoms with Crippen molar-refractivity contribution in [2.24, 2.45) is 5.73 Å². The third-order valence-corrected chi connectivity index (χ3v) is 2.90. The number of carbonyl (C=O) groups excluding carboxylic acids is 1. The summed E-state index contributed by atoms with van der Waals surface area (Å²) in [7, 11) is 1.41. The second-order valence-corrected chi connectivity index (χ2v) is 3.58. The standard InChI is InChI=1S/C6H11NO2S/c1-9-6(8)5-2-4(7)3-10-5/h4-5H,2-3,7H2,1H3/t4-,5-/m0/s1. The van der Waals surface area contributed by atoms with Gasteiger partial charge in [-0.1, -0.05) is 0 Å². The second kappa shape index (κ2) is 3.25. The maximum Gasteiger partial charge on any atom is 0.318 e. The smallest absolute Gasteiger partial charge is 0.318 e. The van der Waals surface area contributed by atoms with Crippen molar-refractivity contribution in [1.82, 2.24) is 0 Å². The SMILES string of the molecule is COC(=O)[C@@H]1C[C@H](N)CS1. The van der Waals surface area contributed by atoms with Crippen molar-refractivity contribution in [3.63, 3.8) is 0 Å². The van der Waals surface area contributed by atoms with Crippen molar-refractivity contribution < 1.29 is 9.53 Å². The predicted molar refractivity (Wildman–Crippen MR) is 40.9 cm³/mol. The molecule has 2 atom stereocenters. The van der Waals surface area contributed by atoms with Crippen LogP contribution in [0.1, 0.15) is 6.42 Å². The molecule has 58 valence electrons. The van der Waals surface area contributed by atoms with Gasteiger partial charge in [0.25, 0.3) is 0 Å². The molecular weight excluding hydrogens is 150 g/mol. The molecule has 0 unspecified atom stereocenters. The number of ether oxygens (including phenoxy) is 1. The van der Waals surface area contributed by atoms with Gasteiger partial charge in [0.2, 0.25) is 0 Å². The van der Waals surface area contributed by atoms with Gasteiger partial charge in [0.15, 0.2) is 0 Å². The minimum absolute atomic E-state index is 0.0139. The molecule has 3 nitrogen and oxygen atoms in total. The molecule has 1 rings (SSSR count). The molecule has 0 aromatic heterocycles. The Morgan fingerprint density at radius 3 is 2.90 bits per heavy atom. The average molecular weight is 161 g/mol. The largest absolute Gasteiger partial charge is 0.468 e. The van der Waals surface area contributed by atoms with Gasteiger partial charge in [-0.15, -0.1) is 11.8 Å². The summed E-state index contributed by atoms with van der Waals surface area (Å²) in [4.78, 5) is 10.9. The van der Waals surface area contributed by atoms with E-state index in [0.29, 0.717) is 0 Å². The van der Waals surface area contributed by atoms with E-state index in [1.165, 1.54) is 7.11 Å². The molecule has 0 amide bonds. The Morgan fingerprint density at radius 1 is 1.80 bits per heavy atom. The highest BCUT2D eigenvalue weighted by Gasteiger charge is 2.28. The van der Waals surface area contributed by atoms with E-state index in [0.717, 1.165) is 12.2 Å². The molecule has 10 heavy (non-hydrogen) atoms. The maximum absolute atomic E-state index is 10.9. The summed E-state index contributed by atoms with van der Waals surface area (Å²) in [6, 6.07) is 0.175. The molecule has 0 aliphatic carbocycles. The van der Waals surface area contributed by atoms with Crippen LogP contribution in [0.25, 0.3) is 0 Å². The lowest BCUT2D eigenvalue weighted by molar-refractivity contribution is -0.140. The fourth-order valence-corrected chi connectivity index (χ4v) is 2.18. The van der Waals surface area contributed by atoms with Crippen LogP contribution in [-0.4, -0.2) is 30.1 Å². The van der Waals surface area contributed by atoms with Crippen molar-refractivity contribution >= 4 is 17.7 Å². The Bertz CT molecular complexity index is 140. The lowest BCUT2D eigenvalue weighted by Crippen LogP contribution is -2.22. The quantitative estimate of drug-likeness (QED) is 0.550. The molecule has 1 aliphatic heterocycles. The number of hydrogen-bond acceptors (Lipinski definition) is 4. The molecule has 2 N–H and O–H groups in total. The van der Waals surface area contributed by atoms with Crippen LogP contribution in [0.3, 0.4) is 0 Å². The van der Waals surface area contributed by atoms with Gasteiger partial charge in [-0.3, -0.25) is 4.79 Å². The molecule has 0 radical (unpaired) electrons. The van der Waals surface area contributed by atoms with Gasteiger partial charge in [0, 0.05) is 11.8 Å². The van der Waals surface area contributed by atoms with E-state index in [-0.39, 0.29) is 17.3 Å². The van der Waals surface area contributed by atoms with E-state index >= 15 is 0 Å². The van der Waals surface area contributed by atoms with Crippen LogP contribution in [0, 0.1) is 0 Å². The van der Waals surface area contributed by atoms with Crippen molar-refractivity contribution in [3.05, 3.63) is 0 Å². The molecular formula is C6H11NO2S. The van der Waals surface area contributed by atoms with Crippen LogP contribution in [0.2, 0.25) is 0 Å². The number of rotatable bonds is 1. The van der Waals surface area contributed by atoms with Crippen LogP contribution >= 0.6 is 11.8 Å². The molecule has 0 aromatic carbocycles. The molecule has 1 fully saturated rings. The number of hydrogen-bond donors (Lipinski definition) is 1. The summed E-state index contributed by atoms with van der Waals surface area (Å²) in [6.45, 7) is 0. The third kappa shape index (κ3) is 1.64. The Hall–Kier alpha value is -0.220. The van der Waals surface area contributed by atoms with Crippen molar-refractivity contribution in [2.45, 2.75) is 17.7 Å². The highest BCUT2D eigenvalue weighted by atomic mass is 32.2. The van der Waals surface area contributed by atoms with E-state index in [1.807, 2.05) is 0 Å². The van der Waals surface area contributed by atoms with Gasteiger partial charge in [-0.2, -0.15) is 0 Å². The summed E-state index contributed by atoms with van der Waals surface area (Å²) in [5.74, 6) is 0.734. The third-order valence-electron chi connectivity index (χ3n) is 1.49. The first-order valence-electron chi connectivity index (χ1n) is 3.19. The second-order valence-electron chi connectivity index (χ2n) is 2.34. The van der Waals surface area contributed by atoms with E-state index in [4.69, 9.17) is 5.73 Å². The number of nitrogens with two attached hydrogens (primary N) is 1. The normalized spacial score (nSPS) is 32.2. The fraction of sp³-hybridized carbons (Fsp3) is 0.833. The molecule has 4 heteroatoms. The van der Waals surface area contributed by atoms with Crippen molar-refractivity contribution in [3.8, 4) is 0 Å². The van der Waals surface area contributed by atoms with Gasteiger partial charge in [0.1, 0.15) is 5.25 Å². The summed E-state index contributed by atoms with van der Waals surface area (Å²) < 4.78 is 4.57. The minimum Gasteiger partial charge on any atom is -0.468 e. The Labute approximate surface area is 64.3 Å². The van der Waals surface area contributed by atoms with Crippen LogP contribution in [0.15, 0.2) is 0 Å². The first kappa shape index (κ1) is 7.88. The number of thioether (sulfide) groups is 1. The lowest BCUT2D eigenvalue weighted by atomic mass is 10.2. The zero-order chi connectivity index (χ0) is 7.56.